The molecule has 0 radical (unpaired) electrons. The maximum atomic E-state index is 13.3. The molecule has 0 saturated heterocycles. The number of nitrogens with zero attached hydrogens (tertiary/aromatic N) is 3. The van der Waals surface area contributed by atoms with Gasteiger partial charge in [0.1, 0.15) is 5.01 Å². The molecule has 1 amide bonds. The molecule has 0 atom stereocenters. The average Bonchev–Trinajstić information content (AvgIpc) is 2.77. The largest absolute Gasteiger partial charge is 0.296 e. The molecule has 2 aromatic heterocycles. The summed E-state index contributed by atoms with van der Waals surface area (Å²) in [5, 5.41) is 11.5. The number of carbonyl (C=O) groups excluding carboxylic acids is 1. The smallest absolute Gasteiger partial charge is 0.260 e. The Hall–Kier alpha value is -1.89. The van der Waals surface area contributed by atoms with E-state index in [0.29, 0.717) is 5.13 Å². The van der Waals surface area contributed by atoms with Crippen molar-refractivity contribution in [2.75, 3.05) is 5.32 Å². The van der Waals surface area contributed by atoms with Crippen molar-refractivity contribution in [1.82, 2.24) is 15.2 Å². The van der Waals surface area contributed by atoms with Crippen LogP contribution in [0.5, 0.6) is 0 Å². The number of aromatic nitrogens is 3. The van der Waals surface area contributed by atoms with Crippen LogP contribution in [0.1, 0.15) is 28.7 Å². The summed E-state index contributed by atoms with van der Waals surface area (Å²) in [6.45, 7) is 2.03. The Balaban J connectivity index is 2.09. The molecule has 0 aliphatic rings. The third-order valence-corrected chi connectivity index (χ3v) is 3.07. The molecule has 0 bridgehead atoms. The van der Waals surface area contributed by atoms with Gasteiger partial charge >= 0.3 is 0 Å². The van der Waals surface area contributed by atoms with E-state index in [1.165, 1.54) is 23.6 Å². The molecule has 0 unspecified atom stereocenters. The monoisotopic (exact) mass is 266 g/mol. The van der Waals surface area contributed by atoms with Gasteiger partial charge in [0.25, 0.3) is 5.91 Å². The first kappa shape index (κ1) is 12.6. The topological polar surface area (TPSA) is 67.8 Å². The van der Waals surface area contributed by atoms with E-state index in [1.807, 2.05) is 6.92 Å². The predicted molar refractivity (Wildman–Crippen MR) is 66.1 cm³/mol. The maximum Gasteiger partial charge on any atom is 0.260 e. The summed E-state index contributed by atoms with van der Waals surface area (Å²) < 4.78 is 13.3. The van der Waals surface area contributed by atoms with Crippen LogP contribution in [0.3, 0.4) is 0 Å². The molecule has 94 valence electrons. The second-order valence-electron chi connectivity index (χ2n) is 3.56. The van der Waals surface area contributed by atoms with Crippen molar-refractivity contribution in [3.63, 3.8) is 0 Å². The van der Waals surface area contributed by atoms with Gasteiger partial charge in [0.2, 0.25) is 5.13 Å². The number of hydrogen-bond donors (Lipinski definition) is 1. The van der Waals surface area contributed by atoms with Crippen LogP contribution < -0.4 is 5.32 Å². The van der Waals surface area contributed by atoms with Crippen LogP contribution in [-0.4, -0.2) is 21.1 Å². The fourth-order valence-corrected chi connectivity index (χ4v) is 2.18. The number of amides is 1. The van der Waals surface area contributed by atoms with Crippen LogP contribution in [0, 0.1) is 5.82 Å². The fraction of sp³-hybridized carbons (Fsp3) is 0.273. The lowest BCUT2D eigenvalue weighted by Gasteiger charge is -2.01. The standard InChI is InChI=1S/C11H11FN4OS/c1-2-3-9-15-16-11(18-9)14-10(17)7-4-5-13-6-8(7)12/h4-6H,2-3H2,1H3,(H,14,16,17). The van der Waals surface area contributed by atoms with Gasteiger partial charge in [-0.2, -0.15) is 0 Å². The summed E-state index contributed by atoms with van der Waals surface area (Å²) in [5.41, 5.74) is -0.0581. The third kappa shape index (κ3) is 2.86. The lowest BCUT2D eigenvalue weighted by atomic mass is 10.2. The average molecular weight is 266 g/mol. The van der Waals surface area contributed by atoms with Crippen LogP contribution >= 0.6 is 11.3 Å². The Morgan fingerprint density at radius 1 is 1.50 bits per heavy atom. The summed E-state index contributed by atoms with van der Waals surface area (Å²) in [5.74, 6) is -1.21. The van der Waals surface area contributed by atoms with Crippen molar-refractivity contribution in [3.05, 3.63) is 34.8 Å². The van der Waals surface area contributed by atoms with Crippen molar-refractivity contribution in [1.29, 1.82) is 0 Å². The Kier molecular flexibility index (Phi) is 3.93. The summed E-state index contributed by atoms with van der Waals surface area (Å²) in [4.78, 5) is 15.3. The highest BCUT2D eigenvalue weighted by molar-refractivity contribution is 7.15. The highest BCUT2D eigenvalue weighted by atomic mass is 32.1. The summed E-state index contributed by atoms with van der Waals surface area (Å²) >= 11 is 1.29. The maximum absolute atomic E-state index is 13.3. The van der Waals surface area contributed by atoms with Crippen molar-refractivity contribution in [2.24, 2.45) is 0 Å². The van der Waals surface area contributed by atoms with Gasteiger partial charge in [0.05, 0.1) is 11.8 Å². The van der Waals surface area contributed by atoms with E-state index in [-0.39, 0.29) is 5.56 Å². The number of halogens is 1. The van der Waals surface area contributed by atoms with Gasteiger partial charge in [-0.25, -0.2) is 4.39 Å². The molecular formula is C11H11FN4OS. The predicted octanol–water partition coefficient (Wildman–Crippen LogP) is 2.28. The molecule has 0 spiro atoms. The quantitative estimate of drug-likeness (QED) is 0.921. The third-order valence-electron chi connectivity index (χ3n) is 2.17. The molecular weight excluding hydrogens is 255 g/mol. The first-order valence-corrected chi connectivity index (χ1v) is 6.25. The highest BCUT2D eigenvalue weighted by Gasteiger charge is 2.13. The lowest BCUT2D eigenvalue weighted by Crippen LogP contribution is -2.13. The van der Waals surface area contributed by atoms with E-state index in [0.717, 1.165) is 24.0 Å². The number of hydrogen-bond acceptors (Lipinski definition) is 5. The molecule has 0 aromatic carbocycles. The second kappa shape index (κ2) is 5.63. The zero-order valence-corrected chi connectivity index (χ0v) is 10.5. The Morgan fingerprint density at radius 2 is 2.33 bits per heavy atom. The zero-order chi connectivity index (χ0) is 13.0. The van der Waals surface area contributed by atoms with Gasteiger partial charge in [-0.3, -0.25) is 15.1 Å². The SMILES string of the molecule is CCCc1nnc(NC(=O)c2ccncc2F)s1. The minimum atomic E-state index is -0.659. The van der Waals surface area contributed by atoms with E-state index in [2.05, 4.69) is 20.5 Å². The number of nitrogens with one attached hydrogen (secondary N) is 1. The Labute approximate surface area is 107 Å². The molecule has 2 heterocycles. The zero-order valence-electron chi connectivity index (χ0n) is 9.68. The summed E-state index contributed by atoms with van der Waals surface area (Å²) in [6.07, 6.45) is 4.14. The van der Waals surface area contributed by atoms with E-state index in [4.69, 9.17) is 0 Å². The molecule has 5 nitrogen and oxygen atoms in total. The van der Waals surface area contributed by atoms with E-state index >= 15 is 0 Å². The van der Waals surface area contributed by atoms with E-state index in [1.54, 1.807) is 0 Å². The molecule has 7 heteroatoms. The molecule has 0 aliphatic heterocycles. The molecule has 18 heavy (non-hydrogen) atoms. The highest BCUT2D eigenvalue weighted by Crippen LogP contribution is 2.17. The second-order valence-corrected chi connectivity index (χ2v) is 4.62. The van der Waals surface area contributed by atoms with E-state index in [9.17, 15) is 9.18 Å². The van der Waals surface area contributed by atoms with Gasteiger partial charge in [0, 0.05) is 12.6 Å². The van der Waals surface area contributed by atoms with Crippen LogP contribution in [-0.2, 0) is 6.42 Å². The molecule has 0 aliphatic carbocycles. The van der Waals surface area contributed by atoms with Gasteiger partial charge in [-0.15, -0.1) is 10.2 Å². The fourth-order valence-electron chi connectivity index (χ4n) is 1.34. The first-order chi connectivity index (χ1) is 8.70. The van der Waals surface area contributed by atoms with Gasteiger partial charge in [0.15, 0.2) is 5.82 Å². The van der Waals surface area contributed by atoms with Crippen LogP contribution in [0.2, 0.25) is 0 Å². The number of pyridine rings is 1. The van der Waals surface area contributed by atoms with Crippen molar-refractivity contribution < 1.29 is 9.18 Å². The number of aryl methyl sites for hydroxylation is 1. The van der Waals surface area contributed by atoms with Crippen molar-refractivity contribution in [3.8, 4) is 0 Å². The summed E-state index contributed by atoms with van der Waals surface area (Å²) in [7, 11) is 0. The molecule has 2 rings (SSSR count). The minimum Gasteiger partial charge on any atom is -0.296 e. The normalized spacial score (nSPS) is 10.3. The number of carbonyl (C=O) groups is 1. The lowest BCUT2D eigenvalue weighted by molar-refractivity contribution is 0.102. The van der Waals surface area contributed by atoms with Crippen molar-refractivity contribution in [2.45, 2.75) is 19.8 Å². The van der Waals surface area contributed by atoms with Crippen LogP contribution in [0.25, 0.3) is 0 Å². The van der Waals surface area contributed by atoms with Gasteiger partial charge in [-0.1, -0.05) is 18.3 Å². The molecule has 2 aromatic rings. The van der Waals surface area contributed by atoms with Gasteiger partial charge in [-0.05, 0) is 12.5 Å². The Morgan fingerprint density at radius 3 is 3.06 bits per heavy atom. The first-order valence-electron chi connectivity index (χ1n) is 5.44. The number of rotatable bonds is 4. The molecule has 0 saturated carbocycles. The molecule has 1 N–H and O–H groups in total. The van der Waals surface area contributed by atoms with Crippen LogP contribution in [0.4, 0.5) is 9.52 Å². The van der Waals surface area contributed by atoms with E-state index < -0.39 is 11.7 Å². The molecule has 0 fully saturated rings. The number of anilines is 1. The van der Waals surface area contributed by atoms with Gasteiger partial charge < -0.3 is 0 Å². The summed E-state index contributed by atoms with van der Waals surface area (Å²) in [6, 6.07) is 1.32. The minimum absolute atomic E-state index is 0.0581. The Bertz CT molecular complexity index is 557. The van der Waals surface area contributed by atoms with Crippen molar-refractivity contribution >= 4 is 22.4 Å². The van der Waals surface area contributed by atoms with Crippen LogP contribution in [0.15, 0.2) is 18.5 Å².